The van der Waals surface area contributed by atoms with E-state index >= 15 is 0 Å². The topological polar surface area (TPSA) is 88.0 Å². The minimum Gasteiger partial charge on any atom is -0.318 e. The number of benzene rings is 1. The number of rotatable bonds is 5. The standard InChI is InChI=1S/C20H22N6O/c1-21-10-14-5-4-6-15(9-14)12-26-13-16(11-22-26)23-20(27)19-17-7-2-3-8-18(17)24-25-19/h4-6,9-11,13H,2-3,7-8,12H2,1H3,(H,23,27)(H,24,25). The lowest BCUT2D eigenvalue weighted by atomic mass is 9.96. The summed E-state index contributed by atoms with van der Waals surface area (Å²) in [5.41, 5.74) is 5.50. The first kappa shape index (κ1) is 17.2. The van der Waals surface area contributed by atoms with Gasteiger partial charge in [-0.15, -0.1) is 0 Å². The molecule has 1 aliphatic carbocycles. The van der Waals surface area contributed by atoms with E-state index in [0.717, 1.165) is 48.1 Å². The quantitative estimate of drug-likeness (QED) is 0.684. The minimum absolute atomic E-state index is 0.185. The van der Waals surface area contributed by atoms with Crippen molar-refractivity contribution in [2.24, 2.45) is 4.99 Å². The van der Waals surface area contributed by atoms with E-state index < -0.39 is 0 Å². The number of hydrogen-bond acceptors (Lipinski definition) is 4. The Labute approximate surface area is 157 Å². The van der Waals surface area contributed by atoms with Crippen molar-refractivity contribution in [2.75, 3.05) is 12.4 Å². The number of aromatic nitrogens is 4. The molecule has 0 spiro atoms. The highest BCUT2D eigenvalue weighted by atomic mass is 16.2. The first-order valence-corrected chi connectivity index (χ1v) is 9.14. The molecular weight excluding hydrogens is 340 g/mol. The lowest BCUT2D eigenvalue weighted by molar-refractivity contribution is 0.102. The van der Waals surface area contributed by atoms with Gasteiger partial charge in [-0.05, 0) is 42.9 Å². The number of fused-ring (bicyclic) bond motifs is 1. The average Bonchev–Trinajstić information content (AvgIpc) is 3.29. The summed E-state index contributed by atoms with van der Waals surface area (Å²) < 4.78 is 1.80. The second-order valence-corrected chi connectivity index (χ2v) is 6.75. The number of nitrogens with one attached hydrogen (secondary N) is 2. The summed E-state index contributed by atoms with van der Waals surface area (Å²) in [6.45, 7) is 0.624. The molecule has 3 aromatic rings. The maximum atomic E-state index is 12.6. The molecule has 7 nitrogen and oxygen atoms in total. The SMILES string of the molecule is CN=Cc1cccc(Cn2cc(NC(=O)c3n[nH]c4c3CCCC4)cn2)c1. The summed E-state index contributed by atoms with van der Waals surface area (Å²) in [6.07, 6.45) is 9.44. The zero-order valence-electron chi connectivity index (χ0n) is 15.3. The van der Waals surface area contributed by atoms with Crippen LogP contribution in [0.4, 0.5) is 5.69 Å². The van der Waals surface area contributed by atoms with Crippen LogP contribution in [0.2, 0.25) is 0 Å². The summed E-state index contributed by atoms with van der Waals surface area (Å²) in [6, 6.07) is 8.13. The second kappa shape index (κ2) is 7.57. The van der Waals surface area contributed by atoms with Gasteiger partial charge in [-0.2, -0.15) is 10.2 Å². The Balaban J connectivity index is 1.44. The van der Waals surface area contributed by atoms with Gasteiger partial charge in [-0.1, -0.05) is 18.2 Å². The van der Waals surface area contributed by atoms with Crippen molar-refractivity contribution < 1.29 is 4.79 Å². The Bertz CT molecular complexity index is 984. The lowest BCUT2D eigenvalue weighted by Gasteiger charge is -2.10. The normalized spacial score (nSPS) is 13.7. The van der Waals surface area contributed by atoms with Crippen molar-refractivity contribution in [1.29, 1.82) is 0 Å². The number of carbonyl (C=O) groups excluding carboxylic acids is 1. The number of aliphatic imine (C=N–C) groups is 1. The Hall–Kier alpha value is -3.22. The van der Waals surface area contributed by atoms with E-state index in [1.54, 1.807) is 17.9 Å². The third-order valence-electron chi connectivity index (χ3n) is 4.74. The molecule has 7 heteroatoms. The predicted octanol–water partition coefficient (Wildman–Crippen LogP) is 2.83. The van der Waals surface area contributed by atoms with Gasteiger partial charge in [0.2, 0.25) is 0 Å². The van der Waals surface area contributed by atoms with Crippen LogP contribution in [0.15, 0.2) is 41.7 Å². The van der Waals surface area contributed by atoms with Gasteiger partial charge < -0.3 is 5.32 Å². The monoisotopic (exact) mass is 362 g/mol. The van der Waals surface area contributed by atoms with Crippen LogP contribution < -0.4 is 5.32 Å². The van der Waals surface area contributed by atoms with Crippen LogP contribution >= 0.6 is 0 Å². The molecule has 2 heterocycles. The number of anilines is 1. The summed E-state index contributed by atoms with van der Waals surface area (Å²) in [4.78, 5) is 16.6. The van der Waals surface area contributed by atoms with Crippen molar-refractivity contribution in [3.63, 3.8) is 0 Å². The number of nitrogens with zero attached hydrogens (tertiary/aromatic N) is 4. The van der Waals surface area contributed by atoms with Crippen molar-refractivity contribution >= 4 is 17.8 Å². The van der Waals surface area contributed by atoms with E-state index in [4.69, 9.17) is 0 Å². The third-order valence-corrected chi connectivity index (χ3v) is 4.74. The van der Waals surface area contributed by atoms with E-state index in [0.29, 0.717) is 17.9 Å². The van der Waals surface area contributed by atoms with Crippen LogP contribution in [-0.4, -0.2) is 39.1 Å². The highest BCUT2D eigenvalue weighted by Gasteiger charge is 2.21. The summed E-state index contributed by atoms with van der Waals surface area (Å²) in [5, 5.41) is 14.5. The number of H-pyrrole nitrogens is 1. The van der Waals surface area contributed by atoms with E-state index in [1.165, 1.54) is 0 Å². The van der Waals surface area contributed by atoms with Crippen molar-refractivity contribution in [1.82, 2.24) is 20.0 Å². The highest BCUT2D eigenvalue weighted by Crippen LogP contribution is 2.22. The molecule has 2 N–H and O–H groups in total. The summed E-state index contributed by atoms with van der Waals surface area (Å²) >= 11 is 0. The molecule has 0 saturated carbocycles. The van der Waals surface area contributed by atoms with E-state index in [9.17, 15) is 4.79 Å². The Morgan fingerprint density at radius 3 is 3.15 bits per heavy atom. The van der Waals surface area contributed by atoms with Crippen molar-refractivity contribution in [3.8, 4) is 0 Å². The first-order valence-electron chi connectivity index (χ1n) is 9.14. The Morgan fingerprint density at radius 1 is 1.37 bits per heavy atom. The molecule has 4 rings (SSSR count). The summed E-state index contributed by atoms with van der Waals surface area (Å²) in [5.74, 6) is -0.185. The molecule has 138 valence electrons. The van der Waals surface area contributed by atoms with Gasteiger partial charge in [0, 0.05) is 30.7 Å². The summed E-state index contributed by atoms with van der Waals surface area (Å²) in [7, 11) is 1.76. The molecule has 0 aliphatic heterocycles. The minimum atomic E-state index is -0.185. The van der Waals surface area contributed by atoms with E-state index in [-0.39, 0.29) is 5.91 Å². The van der Waals surface area contributed by atoms with Crippen LogP contribution in [0.3, 0.4) is 0 Å². The number of aryl methyl sites for hydroxylation is 1. The fraction of sp³-hybridized carbons (Fsp3) is 0.300. The number of aromatic amines is 1. The number of amides is 1. The first-order chi connectivity index (χ1) is 13.2. The fourth-order valence-electron chi connectivity index (χ4n) is 3.48. The van der Waals surface area contributed by atoms with E-state index in [1.807, 2.05) is 30.6 Å². The van der Waals surface area contributed by atoms with Gasteiger partial charge in [0.25, 0.3) is 5.91 Å². The van der Waals surface area contributed by atoms with Gasteiger partial charge in [0.1, 0.15) is 0 Å². The molecular formula is C20H22N6O. The zero-order valence-corrected chi connectivity index (χ0v) is 15.3. The molecule has 27 heavy (non-hydrogen) atoms. The molecule has 1 aliphatic rings. The molecule has 0 atom stereocenters. The maximum absolute atomic E-state index is 12.6. The predicted molar refractivity (Wildman–Crippen MR) is 104 cm³/mol. The molecule has 0 bridgehead atoms. The molecule has 0 radical (unpaired) electrons. The molecule has 0 unspecified atom stereocenters. The number of hydrogen-bond donors (Lipinski definition) is 2. The molecule has 1 aromatic carbocycles. The zero-order chi connectivity index (χ0) is 18.6. The Morgan fingerprint density at radius 2 is 2.26 bits per heavy atom. The molecule has 1 amide bonds. The smallest absolute Gasteiger partial charge is 0.276 e. The molecule has 0 fully saturated rings. The lowest BCUT2D eigenvalue weighted by Crippen LogP contribution is -2.15. The number of carbonyl (C=O) groups is 1. The third kappa shape index (κ3) is 3.81. The van der Waals surface area contributed by atoms with Gasteiger partial charge in [-0.3, -0.25) is 19.6 Å². The van der Waals surface area contributed by atoms with Gasteiger partial charge >= 0.3 is 0 Å². The van der Waals surface area contributed by atoms with E-state index in [2.05, 4.69) is 31.7 Å². The molecule has 2 aromatic heterocycles. The highest BCUT2D eigenvalue weighted by molar-refractivity contribution is 6.03. The van der Waals surface area contributed by atoms with Crippen LogP contribution in [-0.2, 0) is 19.4 Å². The average molecular weight is 362 g/mol. The van der Waals surface area contributed by atoms with Crippen LogP contribution in [0, 0.1) is 0 Å². The largest absolute Gasteiger partial charge is 0.318 e. The Kier molecular flexibility index (Phi) is 4.82. The fourth-order valence-corrected chi connectivity index (χ4v) is 3.48. The van der Waals surface area contributed by atoms with Crippen molar-refractivity contribution in [2.45, 2.75) is 32.2 Å². The van der Waals surface area contributed by atoms with Crippen LogP contribution in [0.5, 0.6) is 0 Å². The van der Waals surface area contributed by atoms with Gasteiger partial charge in [-0.25, -0.2) is 0 Å². The maximum Gasteiger partial charge on any atom is 0.276 e. The van der Waals surface area contributed by atoms with Crippen LogP contribution in [0.1, 0.15) is 45.7 Å². The van der Waals surface area contributed by atoms with Crippen LogP contribution in [0.25, 0.3) is 0 Å². The van der Waals surface area contributed by atoms with Gasteiger partial charge in [0.05, 0.1) is 18.4 Å². The second-order valence-electron chi connectivity index (χ2n) is 6.75. The molecule has 0 saturated heterocycles. The van der Waals surface area contributed by atoms with Crippen molar-refractivity contribution in [3.05, 3.63) is 64.7 Å². The van der Waals surface area contributed by atoms with Gasteiger partial charge in [0.15, 0.2) is 5.69 Å².